The molecule has 2 aliphatic heterocycles. The number of oxime groups is 1. The fraction of sp³-hybridized carbons (Fsp3) is 0.438. The SMILES string of the molecule is CCOC(=O)[C@@H]1CCCN1c1ccc(C=C2C(=O)ON=C2C(F)(F)F)s1. The summed E-state index contributed by atoms with van der Waals surface area (Å²) in [6.45, 7) is 2.66. The topological polar surface area (TPSA) is 68.2 Å². The van der Waals surface area contributed by atoms with Crippen molar-refractivity contribution in [1.29, 1.82) is 0 Å². The molecule has 6 nitrogen and oxygen atoms in total. The van der Waals surface area contributed by atoms with E-state index in [0.717, 1.165) is 17.5 Å². The van der Waals surface area contributed by atoms with Crippen LogP contribution in [0.3, 0.4) is 0 Å². The minimum atomic E-state index is -4.78. The third kappa shape index (κ3) is 3.59. The Bertz CT molecular complexity index is 785. The molecule has 2 aliphatic rings. The van der Waals surface area contributed by atoms with Crippen LogP contribution in [0, 0.1) is 0 Å². The third-order valence-corrected chi connectivity index (χ3v) is 5.03. The standard InChI is InChI=1S/C16H15F3N2O4S/c1-2-24-15(23)11-4-3-7-21(11)12-6-5-9(26-12)8-10-13(16(17,18)19)20-25-14(10)22/h5-6,8,11H,2-4,7H2,1H3/t11-/m0/s1. The molecule has 0 radical (unpaired) electrons. The van der Waals surface area contributed by atoms with Gasteiger partial charge in [0.25, 0.3) is 0 Å². The highest BCUT2D eigenvalue weighted by molar-refractivity contribution is 7.17. The van der Waals surface area contributed by atoms with Crippen LogP contribution >= 0.6 is 11.3 Å². The molecule has 0 spiro atoms. The summed E-state index contributed by atoms with van der Waals surface area (Å²) in [5.41, 5.74) is -1.97. The Labute approximate surface area is 150 Å². The number of ether oxygens (including phenoxy) is 1. The van der Waals surface area contributed by atoms with Crippen LogP contribution in [0.4, 0.5) is 18.2 Å². The Kier molecular flexibility index (Phi) is 5.03. The molecule has 0 saturated carbocycles. The molecule has 1 aromatic heterocycles. The fourth-order valence-electron chi connectivity index (χ4n) is 2.84. The summed E-state index contributed by atoms with van der Waals surface area (Å²) in [6, 6.07) is 2.89. The summed E-state index contributed by atoms with van der Waals surface area (Å²) < 4.78 is 43.7. The Morgan fingerprint density at radius 3 is 2.96 bits per heavy atom. The van der Waals surface area contributed by atoms with Crippen LogP contribution in [0.5, 0.6) is 0 Å². The van der Waals surface area contributed by atoms with Crippen LogP contribution < -0.4 is 4.90 Å². The average Bonchev–Trinajstić information content (AvgIpc) is 3.27. The number of rotatable bonds is 4. The second-order valence-corrected chi connectivity index (χ2v) is 6.75. The molecule has 1 aromatic rings. The molecule has 1 saturated heterocycles. The van der Waals surface area contributed by atoms with E-state index in [9.17, 15) is 22.8 Å². The van der Waals surface area contributed by atoms with Gasteiger partial charge in [0.05, 0.1) is 17.2 Å². The lowest BCUT2D eigenvalue weighted by atomic mass is 10.1. The van der Waals surface area contributed by atoms with Crippen molar-refractivity contribution in [3.05, 3.63) is 22.6 Å². The first-order chi connectivity index (χ1) is 12.3. The van der Waals surface area contributed by atoms with E-state index in [0.29, 0.717) is 17.8 Å². The zero-order chi connectivity index (χ0) is 18.9. The van der Waals surface area contributed by atoms with Gasteiger partial charge in [0.1, 0.15) is 6.04 Å². The summed E-state index contributed by atoms with van der Waals surface area (Å²) in [4.78, 5) is 30.0. The quantitative estimate of drug-likeness (QED) is 0.450. The molecule has 0 bridgehead atoms. The lowest BCUT2D eigenvalue weighted by Gasteiger charge is -2.23. The summed E-state index contributed by atoms with van der Waals surface area (Å²) in [7, 11) is 0. The van der Waals surface area contributed by atoms with Crippen molar-refractivity contribution in [2.24, 2.45) is 5.16 Å². The minimum Gasteiger partial charge on any atom is -0.464 e. The largest absolute Gasteiger partial charge is 0.464 e. The molecule has 3 heterocycles. The lowest BCUT2D eigenvalue weighted by Crippen LogP contribution is -2.36. The number of carbonyl (C=O) groups is 2. The van der Waals surface area contributed by atoms with Crippen molar-refractivity contribution in [2.75, 3.05) is 18.1 Å². The van der Waals surface area contributed by atoms with Gasteiger partial charge in [-0.25, -0.2) is 9.59 Å². The average molecular weight is 388 g/mol. The Balaban J connectivity index is 1.83. The number of carbonyl (C=O) groups excluding carboxylic acids is 2. The first-order valence-corrected chi connectivity index (χ1v) is 8.74. The summed E-state index contributed by atoms with van der Waals surface area (Å²) >= 11 is 1.18. The molecule has 0 amide bonds. The van der Waals surface area contributed by atoms with Crippen molar-refractivity contribution < 1.29 is 32.3 Å². The number of halogens is 3. The van der Waals surface area contributed by atoms with Crippen LogP contribution in [0.25, 0.3) is 6.08 Å². The van der Waals surface area contributed by atoms with E-state index in [1.54, 1.807) is 19.1 Å². The number of anilines is 1. The molecule has 0 N–H and O–H groups in total. The van der Waals surface area contributed by atoms with Gasteiger partial charge in [-0.2, -0.15) is 13.2 Å². The molecule has 0 aliphatic carbocycles. The number of thiophene rings is 1. The van der Waals surface area contributed by atoms with Crippen molar-refractivity contribution in [1.82, 2.24) is 0 Å². The molecule has 140 valence electrons. The molecule has 1 fully saturated rings. The highest BCUT2D eigenvalue weighted by Crippen LogP contribution is 2.35. The van der Waals surface area contributed by atoms with E-state index in [1.807, 2.05) is 4.90 Å². The highest BCUT2D eigenvalue weighted by atomic mass is 32.1. The van der Waals surface area contributed by atoms with Crippen LogP contribution in [0.15, 0.2) is 22.9 Å². The van der Waals surface area contributed by atoms with Gasteiger partial charge in [0.2, 0.25) is 0 Å². The van der Waals surface area contributed by atoms with E-state index in [2.05, 4.69) is 9.99 Å². The van der Waals surface area contributed by atoms with Gasteiger partial charge in [0.15, 0.2) is 5.71 Å². The maximum Gasteiger partial charge on any atom is 0.437 e. The maximum absolute atomic E-state index is 12.9. The van der Waals surface area contributed by atoms with Crippen LogP contribution in [0.2, 0.25) is 0 Å². The smallest absolute Gasteiger partial charge is 0.437 e. The molecule has 0 unspecified atom stereocenters. The van der Waals surface area contributed by atoms with Crippen molar-refractivity contribution in [2.45, 2.75) is 32.0 Å². The number of alkyl halides is 3. The predicted octanol–water partition coefficient (Wildman–Crippen LogP) is 3.14. The van der Waals surface area contributed by atoms with Crippen LogP contribution in [-0.2, 0) is 19.2 Å². The second-order valence-electron chi connectivity index (χ2n) is 5.65. The van der Waals surface area contributed by atoms with Crippen LogP contribution in [-0.4, -0.2) is 43.0 Å². The van der Waals surface area contributed by atoms with Gasteiger partial charge in [-0.1, -0.05) is 5.16 Å². The first-order valence-electron chi connectivity index (χ1n) is 7.93. The molecule has 10 heteroatoms. The van der Waals surface area contributed by atoms with E-state index in [4.69, 9.17) is 4.74 Å². The monoisotopic (exact) mass is 388 g/mol. The van der Waals surface area contributed by atoms with Gasteiger partial charge in [-0.3, -0.25) is 0 Å². The summed E-state index contributed by atoms with van der Waals surface area (Å²) in [5.74, 6) is -1.46. The van der Waals surface area contributed by atoms with Gasteiger partial charge < -0.3 is 14.5 Å². The van der Waals surface area contributed by atoms with Crippen molar-refractivity contribution >= 4 is 40.1 Å². The molecular weight excluding hydrogens is 373 g/mol. The van der Waals surface area contributed by atoms with Crippen LogP contribution in [0.1, 0.15) is 24.6 Å². The minimum absolute atomic E-state index is 0.284. The molecule has 1 atom stereocenters. The molecular formula is C16H15F3N2O4S. The van der Waals surface area contributed by atoms with Crippen molar-refractivity contribution in [3.63, 3.8) is 0 Å². The zero-order valence-electron chi connectivity index (χ0n) is 13.7. The van der Waals surface area contributed by atoms with Crippen molar-refractivity contribution in [3.8, 4) is 0 Å². The normalized spacial score (nSPS) is 21.9. The zero-order valence-corrected chi connectivity index (χ0v) is 14.5. The lowest BCUT2D eigenvalue weighted by molar-refractivity contribution is -0.144. The second kappa shape index (κ2) is 7.10. The van der Waals surface area contributed by atoms with Gasteiger partial charge >= 0.3 is 18.1 Å². The number of hydrogen-bond acceptors (Lipinski definition) is 7. The van der Waals surface area contributed by atoms with Gasteiger partial charge in [-0.15, -0.1) is 11.3 Å². The summed E-state index contributed by atoms with van der Waals surface area (Å²) in [5, 5.41) is 3.54. The van der Waals surface area contributed by atoms with E-state index >= 15 is 0 Å². The van der Waals surface area contributed by atoms with Gasteiger partial charge in [-0.05, 0) is 38.0 Å². The Morgan fingerprint density at radius 1 is 1.50 bits per heavy atom. The summed E-state index contributed by atoms with van der Waals surface area (Å²) in [6.07, 6.45) is -2.20. The highest BCUT2D eigenvalue weighted by Gasteiger charge is 2.45. The maximum atomic E-state index is 12.9. The fourth-order valence-corrected chi connectivity index (χ4v) is 3.87. The first kappa shape index (κ1) is 18.4. The predicted molar refractivity (Wildman–Crippen MR) is 88.9 cm³/mol. The van der Waals surface area contributed by atoms with E-state index < -0.39 is 29.5 Å². The van der Waals surface area contributed by atoms with Gasteiger partial charge in [0, 0.05) is 11.4 Å². The molecule has 0 aromatic carbocycles. The number of esters is 1. The number of hydrogen-bond donors (Lipinski definition) is 0. The third-order valence-electron chi connectivity index (χ3n) is 3.96. The molecule has 3 rings (SSSR count). The molecule has 26 heavy (non-hydrogen) atoms. The number of nitrogens with zero attached hydrogens (tertiary/aromatic N) is 2. The van der Waals surface area contributed by atoms with E-state index in [1.165, 1.54) is 11.3 Å². The Hall–Kier alpha value is -2.36. The van der Waals surface area contributed by atoms with E-state index in [-0.39, 0.29) is 12.6 Å². The Morgan fingerprint density at radius 2 is 2.27 bits per heavy atom.